The van der Waals surface area contributed by atoms with Crippen LogP contribution in [0.15, 0.2) is 47.4 Å². The van der Waals surface area contributed by atoms with Gasteiger partial charge in [-0.15, -0.1) is 0 Å². The van der Waals surface area contributed by atoms with Gasteiger partial charge in [0.1, 0.15) is 6.04 Å². The Hall–Kier alpha value is -1.92. The molecule has 0 amide bonds. The van der Waals surface area contributed by atoms with Crippen molar-refractivity contribution in [3.8, 4) is 0 Å². The number of nitrogens with one attached hydrogen (secondary N) is 1. The molecule has 0 unspecified atom stereocenters. The number of hydrogen-bond acceptors (Lipinski definition) is 3. The molecule has 2 aromatic rings. The number of carboxylic acids is 1. The van der Waals surface area contributed by atoms with Crippen molar-refractivity contribution in [2.24, 2.45) is 5.92 Å². The van der Waals surface area contributed by atoms with E-state index in [0.29, 0.717) is 0 Å². The lowest BCUT2D eigenvalue weighted by Gasteiger charge is -2.16. The van der Waals surface area contributed by atoms with Gasteiger partial charge in [-0.1, -0.05) is 44.2 Å². The van der Waals surface area contributed by atoms with Gasteiger partial charge in [-0.05, 0) is 35.2 Å². The van der Waals surface area contributed by atoms with E-state index in [4.69, 9.17) is 0 Å². The topological polar surface area (TPSA) is 83.5 Å². The van der Waals surface area contributed by atoms with Crippen molar-refractivity contribution in [3.63, 3.8) is 0 Å². The number of hydrogen-bond donors (Lipinski definition) is 2. The Morgan fingerprint density at radius 1 is 1.14 bits per heavy atom. The monoisotopic (exact) mass is 321 g/mol. The molecule has 0 bridgehead atoms. The fourth-order valence-electron chi connectivity index (χ4n) is 2.26. The second kappa shape index (κ2) is 6.46. The average Bonchev–Trinajstić information content (AvgIpc) is 2.45. The predicted molar refractivity (Wildman–Crippen MR) is 85.1 cm³/mol. The van der Waals surface area contributed by atoms with E-state index in [0.717, 1.165) is 10.8 Å². The molecule has 0 fully saturated rings. The van der Waals surface area contributed by atoms with E-state index in [1.54, 1.807) is 12.1 Å². The first-order chi connectivity index (χ1) is 10.3. The summed E-state index contributed by atoms with van der Waals surface area (Å²) in [6.45, 7) is 3.69. The molecule has 0 heterocycles. The number of carbonyl (C=O) groups is 1. The summed E-state index contributed by atoms with van der Waals surface area (Å²) in [7, 11) is -3.87. The maximum Gasteiger partial charge on any atom is 0.321 e. The van der Waals surface area contributed by atoms with Crippen molar-refractivity contribution in [2.75, 3.05) is 0 Å². The quantitative estimate of drug-likeness (QED) is 0.856. The lowest BCUT2D eigenvalue weighted by Crippen LogP contribution is -2.41. The number of carboxylic acid groups (broad SMARTS) is 1. The van der Waals surface area contributed by atoms with Crippen LogP contribution in [0.25, 0.3) is 10.8 Å². The van der Waals surface area contributed by atoms with E-state index in [9.17, 15) is 18.3 Å². The molecule has 0 radical (unpaired) electrons. The van der Waals surface area contributed by atoms with Gasteiger partial charge in [0.05, 0.1) is 4.90 Å². The summed E-state index contributed by atoms with van der Waals surface area (Å²) in [4.78, 5) is 11.3. The molecule has 0 saturated heterocycles. The third-order valence-corrected chi connectivity index (χ3v) is 4.80. The van der Waals surface area contributed by atoms with Gasteiger partial charge in [0.25, 0.3) is 0 Å². The highest BCUT2D eigenvalue weighted by Gasteiger charge is 2.26. The van der Waals surface area contributed by atoms with Crippen molar-refractivity contribution >= 4 is 26.8 Å². The van der Waals surface area contributed by atoms with E-state index in [2.05, 4.69) is 4.72 Å². The molecule has 0 aliphatic carbocycles. The summed E-state index contributed by atoms with van der Waals surface area (Å²) in [5.41, 5.74) is 0. The van der Waals surface area contributed by atoms with E-state index < -0.39 is 22.0 Å². The van der Waals surface area contributed by atoms with Gasteiger partial charge in [-0.25, -0.2) is 8.42 Å². The second-order valence-corrected chi connectivity index (χ2v) is 7.36. The van der Waals surface area contributed by atoms with Gasteiger partial charge < -0.3 is 5.11 Å². The highest BCUT2D eigenvalue weighted by Crippen LogP contribution is 2.19. The van der Waals surface area contributed by atoms with Crippen LogP contribution in [0, 0.1) is 5.92 Å². The summed E-state index contributed by atoms with van der Waals surface area (Å²) >= 11 is 0. The van der Waals surface area contributed by atoms with Crippen LogP contribution in [0.1, 0.15) is 20.3 Å². The third-order valence-electron chi connectivity index (χ3n) is 3.33. The Morgan fingerprint density at radius 2 is 1.77 bits per heavy atom. The molecule has 0 spiro atoms. The predicted octanol–water partition coefficient (Wildman–Crippen LogP) is 2.62. The van der Waals surface area contributed by atoms with Crippen LogP contribution in [-0.4, -0.2) is 25.5 Å². The molecule has 6 heteroatoms. The summed E-state index contributed by atoms with van der Waals surface area (Å²) < 4.78 is 27.1. The van der Waals surface area contributed by atoms with Crippen LogP contribution in [0.2, 0.25) is 0 Å². The maximum absolute atomic E-state index is 12.4. The normalized spacial score (nSPS) is 13.4. The largest absolute Gasteiger partial charge is 0.480 e. The zero-order valence-corrected chi connectivity index (χ0v) is 13.3. The molecule has 5 nitrogen and oxygen atoms in total. The molecule has 0 aliphatic heterocycles. The summed E-state index contributed by atoms with van der Waals surface area (Å²) in [5, 5.41) is 10.9. The van der Waals surface area contributed by atoms with E-state index in [1.807, 2.05) is 38.1 Å². The first-order valence-electron chi connectivity index (χ1n) is 7.03. The highest BCUT2D eigenvalue weighted by molar-refractivity contribution is 7.89. The SMILES string of the molecule is CC(C)C[C@@H](NS(=O)(=O)c1ccc2ccccc2c1)C(=O)O. The van der Waals surface area contributed by atoms with Crippen molar-refractivity contribution < 1.29 is 18.3 Å². The molecule has 2 N–H and O–H groups in total. The highest BCUT2D eigenvalue weighted by atomic mass is 32.2. The molecule has 0 aromatic heterocycles. The number of fused-ring (bicyclic) bond motifs is 1. The number of sulfonamides is 1. The summed E-state index contributed by atoms with van der Waals surface area (Å²) in [6, 6.07) is 11.0. The zero-order chi connectivity index (χ0) is 16.3. The molecule has 2 rings (SSSR count). The van der Waals surface area contributed by atoms with Crippen molar-refractivity contribution in [1.82, 2.24) is 4.72 Å². The smallest absolute Gasteiger partial charge is 0.321 e. The number of benzene rings is 2. The van der Waals surface area contributed by atoms with Crippen molar-refractivity contribution in [1.29, 1.82) is 0 Å². The summed E-state index contributed by atoms with van der Waals surface area (Å²) in [6.07, 6.45) is 0.238. The van der Waals surface area contributed by atoms with Gasteiger partial charge in [0.2, 0.25) is 10.0 Å². The van der Waals surface area contributed by atoms with Gasteiger partial charge >= 0.3 is 5.97 Å². The Labute approximate surface area is 130 Å². The minimum absolute atomic E-state index is 0.0698. The number of aliphatic carboxylic acids is 1. The van der Waals surface area contributed by atoms with Gasteiger partial charge in [-0.3, -0.25) is 4.79 Å². The fourth-order valence-corrected chi connectivity index (χ4v) is 3.50. The maximum atomic E-state index is 12.4. The molecule has 118 valence electrons. The van der Waals surface area contributed by atoms with Crippen LogP contribution in [0.4, 0.5) is 0 Å². The van der Waals surface area contributed by atoms with E-state index in [-0.39, 0.29) is 17.2 Å². The average molecular weight is 321 g/mol. The van der Waals surface area contributed by atoms with Crippen molar-refractivity contribution in [2.45, 2.75) is 31.2 Å². The standard InChI is InChI=1S/C16H19NO4S/c1-11(2)9-15(16(18)19)17-22(20,21)14-8-7-12-5-3-4-6-13(12)10-14/h3-8,10-11,15,17H,9H2,1-2H3,(H,18,19)/t15-/m1/s1. The molecular formula is C16H19NO4S. The van der Waals surface area contributed by atoms with Gasteiger partial charge in [0.15, 0.2) is 0 Å². The Morgan fingerprint density at radius 3 is 2.36 bits per heavy atom. The Kier molecular flexibility index (Phi) is 4.83. The molecular weight excluding hydrogens is 302 g/mol. The van der Waals surface area contributed by atoms with Crippen molar-refractivity contribution in [3.05, 3.63) is 42.5 Å². The molecule has 0 saturated carbocycles. The second-order valence-electron chi connectivity index (χ2n) is 5.65. The van der Waals surface area contributed by atoms with E-state index >= 15 is 0 Å². The first kappa shape index (κ1) is 16.5. The first-order valence-corrected chi connectivity index (χ1v) is 8.52. The molecule has 1 atom stereocenters. The van der Waals surface area contributed by atoms with E-state index in [1.165, 1.54) is 6.07 Å². The Bertz CT molecular complexity index is 784. The van der Waals surface area contributed by atoms with Crippen LogP contribution < -0.4 is 4.72 Å². The minimum atomic E-state index is -3.87. The number of rotatable bonds is 6. The Balaban J connectivity index is 2.33. The van der Waals surface area contributed by atoms with Crippen LogP contribution in [0.3, 0.4) is 0 Å². The molecule has 2 aromatic carbocycles. The van der Waals surface area contributed by atoms with Gasteiger partial charge in [-0.2, -0.15) is 4.72 Å². The van der Waals surface area contributed by atoms with Crippen LogP contribution in [0.5, 0.6) is 0 Å². The minimum Gasteiger partial charge on any atom is -0.480 e. The fraction of sp³-hybridized carbons (Fsp3) is 0.312. The summed E-state index contributed by atoms with van der Waals surface area (Å²) in [5.74, 6) is -1.10. The molecule has 22 heavy (non-hydrogen) atoms. The zero-order valence-electron chi connectivity index (χ0n) is 12.5. The lowest BCUT2D eigenvalue weighted by molar-refractivity contribution is -0.139. The van der Waals surface area contributed by atoms with Crippen LogP contribution in [-0.2, 0) is 14.8 Å². The molecule has 0 aliphatic rings. The third kappa shape index (κ3) is 3.84. The van der Waals surface area contributed by atoms with Crippen LogP contribution >= 0.6 is 0 Å². The lowest BCUT2D eigenvalue weighted by atomic mass is 10.1. The van der Waals surface area contributed by atoms with Gasteiger partial charge in [0, 0.05) is 0 Å².